The van der Waals surface area contributed by atoms with Crippen molar-refractivity contribution in [2.75, 3.05) is 0 Å². The summed E-state index contributed by atoms with van der Waals surface area (Å²) in [6.45, 7) is 7.00. The zero-order valence-electron chi connectivity index (χ0n) is 33.5. The van der Waals surface area contributed by atoms with Crippen LogP contribution in [0.4, 0.5) is 0 Å². The van der Waals surface area contributed by atoms with Crippen molar-refractivity contribution >= 4 is 28.0 Å². The van der Waals surface area contributed by atoms with Gasteiger partial charge in [0.2, 0.25) is 0 Å². The van der Waals surface area contributed by atoms with Gasteiger partial charge in [0.25, 0.3) is 10.2 Å². The fourth-order valence-electron chi connectivity index (χ4n) is 7.62. The largest absolute Gasteiger partial charge is 0.519 e. The Morgan fingerprint density at radius 1 is 0.867 bits per heavy atom. The van der Waals surface area contributed by atoms with Gasteiger partial charge in [-0.25, -0.2) is 19.6 Å². The van der Waals surface area contributed by atoms with Crippen LogP contribution in [0.15, 0.2) is 98.6 Å². The van der Waals surface area contributed by atoms with E-state index >= 15 is 0 Å². The molecule has 0 fully saturated rings. The van der Waals surface area contributed by atoms with E-state index in [4.69, 9.17) is 23.5 Å². The van der Waals surface area contributed by atoms with Crippen LogP contribution in [0.5, 0.6) is 0 Å². The number of fused-ring (bicyclic) bond motifs is 2. The highest BCUT2D eigenvalue weighted by Crippen LogP contribution is 2.32. The summed E-state index contributed by atoms with van der Waals surface area (Å²) in [6, 6.07) is 27.2. The van der Waals surface area contributed by atoms with Crippen molar-refractivity contribution in [3.8, 4) is 22.5 Å². The van der Waals surface area contributed by atoms with Crippen LogP contribution < -0.4 is 5.82 Å². The number of benzene rings is 4. The van der Waals surface area contributed by atoms with Gasteiger partial charge in [-0.05, 0) is 78.8 Å². The van der Waals surface area contributed by atoms with Crippen molar-refractivity contribution < 1.29 is 38.2 Å². The van der Waals surface area contributed by atoms with Crippen LogP contribution >= 0.6 is 0 Å². The molecule has 0 saturated carbocycles. The molecule has 0 aliphatic carbocycles. The Morgan fingerprint density at radius 2 is 1.57 bits per heavy atom. The van der Waals surface area contributed by atoms with Crippen LogP contribution in [-0.2, 0) is 47.5 Å². The third kappa shape index (κ3) is 8.60. The molecule has 0 aliphatic rings. The normalized spacial score (nSPS) is 12.9. The van der Waals surface area contributed by atoms with Gasteiger partial charge in [0.15, 0.2) is 18.1 Å². The number of imidazole rings is 2. The molecule has 0 aliphatic heterocycles. The molecule has 0 spiro atoms. The summed E-state index contributed by atoms with van der Waals surface area (Å²) in [6.07, 6.45) is -1.21. The van der Waals surface area contributed by atoms with E-state index in [0.717, 1.165) is 68.8 Å². The number of ether oxygens (including phenoxy) is 1. The van der Waals surface area contributed by atoms with Gasteiger partial charge in [0, 0.05) is 32.0 Å². The van der Waals surface area contributed by atoms with Gasteiger partial charge in [-0.15, -0.1) is 20.2 Å². The molecule has 3 aromatic heterocycles. The maximum absolute atomic E-state index is 13.5. The maximum Gasteiger partial charge on any atom is 0.519 e. The number of carbonyl (C=O) groups is 1. The molecular formula is C43H42N6O11. The Bertz CT molecular complexity index is 2770. The van der Waals surface area contributed by atoms with E-state index in [1.165, 1.54) is 13.8 Å². The van der Waals surface area contributed by atoms with E-state index in [2.05, 4.69) is 50.9 Å². The SMILES string of the molecule is CCCc1nc2c(C)cc(-c3nc4ccccc4n3C)cc2n1Cc1ccc(-c2ccccc2C(=O)OCc2oc(=O)oc2CC(C)[C@H](O[N+](=O)[O-])[C@H](C)O[N+](=O)[O-])cc1. The number of hydrogen-bond donors (Lipinski definition) is 0. The van der Waals surface area contributed by atoms with Crippen LogP contribution in [0.1, 0.15) is 66.0 Å². The summed E-state index contributed by atoms with van der Waals surface area (Å²) in [7, 11) is 2.03. The molecule has 3 heterocycles. The van der Waals surface area contributed by atoms with Crippen molar-refractivity contribution in [1.29, 1.82) is 0 Å². The van der Waals surface area contributed by atoms with Gasteiger partial charge >= 0.3 is 11.8 Å². The predicted octanol–water partition coefficient (Wildman–Crippen LogP) is 7.82. The number of aryl methyl sites for hydroxylation is 3. The summed E-state index contributed by atoms with van der Waals surface area (Å²) in [5.41, 5.74) is 8.70. The molecular weight excluding hydrogens is 777 g/mol. The molecule has 7 aromatic rings. The van der Waals surface area contributed by atoms with Crippen LogP contribution in [0.3, 0.4) is 0 Å². The van der Waals surface area contributed by atoms with Crippen molar-refractivity contribution in [2.45, 2.75) is 72.3 Å². The first-order valence-corrected chi connectivity index (χ1v) is 19.3. The van der Waals surface area contributed by atoms with Crippen molar-refractivity contribution in [3.05, 3.63) is 150 Å². The van der Waals surface area contributed by atoms with Gasteiger partial charge < -0.3 is 32.4 Å². The highest BCUT2D eigenvalue weighted by Gasteiger charge is 2.32. The summed E-state index contributed by atoms with van der Waals surface area (Å²) in [4.78, 5) is 66.8. The third-order valence-electron chi connectivity index (χ3n) is 10.4. The number of esters is 1. The molecule has 60 heavy (non-hydrogen) atoms. The monoisotopic (exact) mass is 818 g/mol. The molecule has 0 N–H and O–H groups in total. The topological polar surface area (TPSA) is 210 Å². The summed E-state index contributed by atoms with van der Waals surface area (Å²) in [5, 5.41) is 19.8. The Hall–Kier alpha value is -7.30. The summed E-state index contributed by atoms with van der Waals surface area (Å²) in [5.74, 6) is -0.974. The Balaban J connectivity index is 1.09. The Kier molecular flexibility index (Phi) is 11.8. The third-order valence-corrected chi connectivity index (χ3v) is 10.4. The average molecular weight is 819 g/mol. The minimum atomic E-state index is -1.41. The van der Waals surface area contributed by atoms with E-state index < -0.39 is 46.7 Å². The van der Waals surface area contributed by atoms with E-state index in [-0.39, 0.29) is 23.5 Å². The first-order chi connectivity index (χ1) is 28.8. The second-order valence-corrected chi connectivity index (χ2v) is 14.6. The number of rotatable bonds is 17. The lowest BCUT2D eigenvalue weighted by Crippen LogP contribution is -2.38. The first kappa shape index (κ1) is 40.9. The molecule has 17 heteroatoms. The molecule has 0 amide bonds. The number of carbonyl (C=O) groups excluding carboxylic acids is 1. The minimum absolute atomic E-state index is 0.0706. The highest BCUT2D eigenvalue weighted by molar-refractivity contribution is 5.97. The second kappa shape index (κ2) is 17.3. The maximum atomic E-state index is 13.5. The van der Waals surface area contributed by atoms with Crippen molar-refractivity contribution in [3.63, 3.8) is 0 Å². The number of hydrogen-bond acceptors (Lipinski definition) is 13. The standard InChI is InChI=1S/C43H42N6O11/c1-6-11-38-45-39-25(2)20-30(41-44-33-14-9-10-15-34(33)46(41)5)22-35(39)47(38)23-28-16-18-29(19-17-28)31-12-7-8-13-32(31)42(50)56-24-37-36(57-43(51)58-37)21-26(3)40(60-49(54)55)27(4)59-48(52)53/h7-10,12-20,22,26-27,40H,6,11,21,23-24H2,1-5H3/t26?,27-,40-/m0/s1. The van der Waals surface area contributed by atoms with Gasteiger partial charge in [-0.3, -0.25) is 0 Å². The molecule has 17 nitrogen and oxygen atoms in total. The van der Waals surface area contributed by atoms with Gasteiger partial charge in [0.05, 0.1) is 27.6 Å². The van der Waals surface area contributed by atoms with Crippen molar-refractivity contribution in [1.82, 2.24) is 19.1 Å². The van der Waals surface area contributed by atoms with Gasteiger partial charge in [-0.2, -0.15) is 0 Å². The van der Waals surface area contributed by atoms with E-state index in [9.17, 15) is 29.8 Å². The molecule has 0 bridgehead atoms. The van der Waals surface area contributed by atoms with E-state index in [1.807, 2.05) is 49.5 Å². The lowest BCUT2D eigenvalue weighted by molar-refractivity contribution is -0.799. The molecule has 1 unspecified atom stereocenters. The molecule has 3 atom stereocenters. The zero-order valence-corrected chi connectivity index (χ0v) is 33.5. The first-order valence-electron chi connectivity index (χ1n) is 19.3. The molecule has 0 radical (unpaired) electrons. The minimum Gasteiger partial charge on any atom is -0.454 e. The second-order valence-electron chi connectivity index (χ2n) is 14.6. The lowest BCUT2D eigenvalue weighted by atomic mass is 9.95. The lowest BCUT2D eigenvalue weighted by Gasteiger charge is -2.25. The number of para-hydroxylation sites is 2. The molecule has 4 aromatic carbocycles. The van der Waals surface area contributed by atoms with Crippen LogP contribution in [0.25, 0.3) is 44.6 Å². The quantitative estimate of drug-likeness (QED) is 0.0488. The van der Waals surface area contributed by atoms with E-state index in [1.54, 1.807) is 24.3 Å². The predicted molar refractivity (Wildman–Crippen MR) is 218 cm³/mol. The molecule has 310 valence electrons. The summed E-state index contributed by atoms with van der Waals surface area (Å²) < 4.78 is 20.2. The zero-order chi connectivity index (χ0) is 42.7. The Labute approximate surface area is 342 Å². The highest BCUT2D eigenvalue weighted by atomic mass is 17.0. The van der Waals surface area contributed by atoms with Crippen LogP contribution in [0.2, 0.25) is 0 Å². The molecule has 0 saturated heterocycles. The van der Waals surface area contributed by atoms with Crippen LogP contribution in [0, 0.1) is 33.1 Å². The number of nitrogens with zero attached hydrogens (tertiary/aromatic N) is 6. The van der Waals surface area contributed by atoms with Crippen LogP contribution in [-0.4, -0.2) is 47.5 Å². The van der Waals surface area contributed by atoms with Crippen molar-refractivity contribution in [2.24, 2.45) is 13.0 Å². The fourth-order valence-corrected chi connectivity index (χ4v) is 7.62. The molecule has 7 rings (SSSR count). The number of aromatic nitrogens is 4. The van der Waals surface area contributed by atoms with Gasteiger partial charge in [0.1, 0.15) is 23.9 Å². The summed E-state index contributed by atoms with van der Waals surface area (Å²) >= 11 is 0. The smallest absolute Gasteiger partial charge is 0.454 e. The van der Waals surface area contributed by atoms with Gasteiger partial charge in [-0.1, -0.05) is 68.4 Å². The average Bonchev–Trinajstić information content (AvgIpc) is 3.87. The Morgan fingerprint density at radius 3 is 2.28 bits per heavy atom. The van der Waals surface area contributed by atoms with E-state index in [0.29, 0.717) is 12.1 Å². The fraction of sp³-hybridized carbons (Fsp3) is 0.302.